The summed E-state index contributed by atoms with van der Waals surface area (Å²) in [7, 11) is -0.241. The zero-order chi connectivity index (χ0) is 7.28. The zero-order valence-electron chi connectivity index (χ0n) is 7.28. The van der Waals surface area contributed by atoms with E-state index >= 15 is 0 Å². The molecule has 0 aromatic rings. The molecule has 0 aliphatic heterocycles. The van der Waals surface area contributed by atoms with E-state index in [2.05, 4.69) is 26.9 Å². The van der Waals surface area contributed by atoms with Gasteiger partial charge in [-0.05, 0) is 5.92 Å². The van der Waals surface area contributed by atoms with Gasteiger partial charge in [0.2, 0.25) is 0 Å². The van der Waals surface area contributed by atoms with Gasteiger partial charge >= 0.3 is 0 Å². The molecule has 56 valence electrons. The third kappa shape index (κ3) is 6.10. The maximum absolute atomic E-state index is 2.43. The minimum Gasteiger partial charge on any atom is -0.0722 e. The van der Waals surface area contributed by atoms with Crippen LogP contribution in [0, 0.1) is 5.92 Å². The average Bonchev–Trinajstić information content (AvgIpc) is 1.83. The van der Waals surface area contributed by atoms with Gasteiger partial charge in [-0.3, -0.25) is 0 Å². The van der Waals surface area contributed by atoms with Crippen molar-refractivity contribution in [3.63, 3.8) is 0 Å². The van der Waals surface area contributed by atoms with Crippen LogP contribution < -0.4 is 0 Å². The third-order valence-electron chi connectivity index (χ3n) is 1.93. The number of hydrogen-bond donors (Lipinski definition) is 0. The van der Waals surface area contributed by atoms with Crippen LogP contribution in [0.1, 0.15) is 26.7 Å². The SMILES string of the molecule is CCC(C)CC[SiH](C)C. The second-order valence-corrected chi connectivity index (χ2v) is 6.85. The molecular weight excluding hydrogens is 124 g/mol. The number of rotatable bonds is 4. The molecule has 0 spiro atoms. The maximum Gasteiger partial charge on any atom is 0.0305 e. The van der Waals surface area contributed by atoms with Gasteiger partial charge in [0, 0.05) is 8.80 Å². The first-order chi connectivity index (χ1) is 4.16. The fourth-order valence-electron chi connectivity index (χ4n) is 0.822. The minimum atomic E-state index is -0.241. The molecule has 1 unspecified atom stereocenters. The molecular formula is C8H20Si. The van der Waals surface area contributed by atoms with Crippen LogP contribution in [-0.2, 0) is 0 Å². The Hall–Kier alpha value is 0.217. The molecule has 0 nitrogen and oxygen atoms in total. The fourth-order valence-corrected chi connectivity index (χ4v) is 2.06. The van der Waals surface area contributed by atoms with E-state index in [4.69, 9.17) is 0 Å². The first-order valence-corrected chi connectivity index (χ1v) is 7.29. The Bertz CT molecular complexity index is 59.6. The highest BCUT2D eigenvalue weighted by Gasteiger charge is 2.00. The quantitative estimate of drug-likeness (QED) is 0.532. The summed E-state index contributed by atoms with van der Waals surface area (Å²) < 4.78 is 0. The summed E-state index contributed by atoms with van der Waals surface area (Å²) in [5.41, 5.74) is 0. The van der Waals surface area contributed by atoms with Crippen molar-refractivity contribution in [2.75, 3.05) is 0 Å². The Morgan fingerprint density at radius 1 is 1.33 bits per heavy atom. The van der Waals surface area contributed by atoms with E-state index in [1.807, 2.05) is 0 Å². The summed E-state index contributed by atoms with van der Waals surface area (Å²) in [4.78, 5) is 0. The van der Waals surface area contributed by atoms with E-state index < -0.39 is 0 Å². The lowest BCUT2D eigenvalue weighted by atomic mass is 10.1. The highest BCUT2D eigenvalue weighted by atomic mass is 28.3. The van der Waals surface area contributed by atoms with E-state index in [1.165, 1.54) is 18.9 Å². The summed E-state index contributed by atoms with van der Waals surface area (Å²) in [6.45, 7) is 9.51. The lowest BCUT2D eigenvalue weighted by Crippen LogP contribution is -2.02. The van der Waals surface area contributed by atoms with Gasteiger partial charge in [0.25, 0.3) is 0 Å². The van der Waals surface area contributed by atoms with Crippen LogP contribution in [0.25, 0.3) is 0 Å². The lowest BCUT2D eigenvalue weighted by Gasteiger charge is -2.08. The second kappa shape index (κ2) is 5.04. The highest BCUT2D eigenvalue weighted by molar-refractivity contribution is 6.55. The van der Waals surface area contributed by atoms with Gasteiger partial charge in [-0.1, -0.05) is 45.8 Å². The maximum atomic E-state index is 2.43. The van der Waals surface area contributed by atoms with Crippen LogP contribution in [0.2, 0.25) is 19.1 Å². The van der Waals surface area contributed by atoms with E-state index in [-0.39, 0.29) is 8.80 Å². The van der Waals surface area contributed by atoms with Gasteiger partial charge < -0.3 is 0 Å². The van der Waals surface area contributed by atoms with Gasteiger partial charge in [-0.2, -0.15) is 0 Å². The van der Waals surface area contributed by atoms with E-state index in [1.54, 1.807) is 0 Å². The minimum absolute atomic E-state index is 0.241. The monoisotopic (exact) mass is 144 g/mol. The van der Waals surface area contributed by atoms with Crippen molar-refractivity contribution in [1.29, 1.82) is 0 Å². The molecule has 0 fully saturated rings. The normalized spacial score (nSPS) is 14.3. The van der Waals surface area contributed by atoms with Crippen molar-refractivity contribution >= 4 is 8.80 Å². The first kappa shape index (κ1) is 9.22. The number of hydrogen-bond acceptors (Lipinski definition) is 0. The molecule has 0 rings (SSSR count). The van der Waals surface area contributed by atoms with Crippen molar-refractivity contribution in [1.82, 2.24) is 0 Å². The molecule has 0 amide bonds. The van der Waals surface area contributed by atoms with Crippen LogP contribution in [0.15, 0.2) is 0 Å². The van der Waals surface area contributed by atoms with Gasteiger partial charge in [0.05, 0.1) is 0 Å². The smallest absolute Gasteiger partial charge is 0.0305 e. The summed E-state index contributed by atoms with van der Waals surface area (Å²) in [5, 5.41) is 0. The predicted octanol–water partition coefficient (Wildman–Crippen LogP) is 2.91. The standard InChI is InChI=1S/C8H20Si/c1-5-8(2)6-7-9(3)4/h8-9H,5-7H2,1-4H3. The van der Waals surface area contributed by atoms with Crippen LogP contribution in [0.4, 0.5) is 0 Å². The van der Waals surface area contributed by atoms with Crippen LogP contribution in [-0.4, -0.2) is 8.80 Å². The largest absolute Gasteiger partial charge is 0.0722 e. The Labute approximate surface area is 61.3 Å². The van der Waals surface area contributed by atoms with Gasteiger partial charge in [-0.25, -0.2) is 0 Å². The molecule has 0 N–H and O–H groups in total. The van der Waals surface area contributed by atoms with Crippen molar-refractivity contribution in [2.45, 2.75) is 45.8 Å². The summed E-state index contributed by atoms with van der Waals surface area (Å²) in [6, 6.07) is 1.54. The summed E-state index contributed by atoms with van der Waals surface area (Å²) in [5.74, 6) is 0.972. The van der Waals surface area contributed by atoms with E-state index in [9.17, 15) is 0 Å². The van der Waals surface area contributed by atoms with Crippen LogP contribution in [0.5, 0.6) is 0 Å². The highest BCUT2D eigenvalue weighted by Crippen LogP contribution is 2.11. The molecule has 0 saturated carbocycles. The first-order valence-electron chi connectivity index (χ1n) is 4.16. The van der Waals surface area contributed by atoms with Crippen molar-refractivity contribution in [3.8, 4) is 0 Å². The zero-order valence-corrected chi connectivity index (χ0v) is 8.43. The van der Waals surface area contributed by atoms with Crippen molar-refractivity contribution in [3.05, 3.63) is 0 Å². The molecule has 0 aromatic carbocycles. The molecule has 1 heteroatoms. The Balaban J connectivity index is 3.06. The third-order valence-corrected chi connectivity index (χ3v) is 3.42. The molecule has 1 atom stereocenters. The fraction of sp³-hybridized carbons (Fsp3) is 1.00. The molecule has 0 bridgehead atoms. The molecule has 0 saturated heterocycles. The molecule has 0 heterocycles. The molecule has 0 radical (unpaired) electrons. The van der Waals surface area contributed by atoms with Gasteiger partial charge in [-0.15, -0.1) is 0 Å². The topological polar surface area (TPSA) is 0 Å². The summed E-state index contributed by atoms with van der Waals surface area (Å²) in [6.07, 6.45) is 2.83. The van der Waals surface area contributed by atoms with Crippen molar-refractivity contribution in [2.24, 2.45) is 5.92 Å². The second-order valence-electron chi connectivity index (χ2n) is 3.48. The van der Waals surface area contributed by atoms with Crippen molar-refractivity contribution < 1.29 is 0 Å². The molecule has 9 heavy (non-hydrogen) atoms. The van der Waals surface area contributed by atoms with E-state index in [0.717, 1.165) is 5.92 Å². The van der Waals surface area contributed by atoms with E-state index in [0.29, 0.717) is 0 Å². The van der Waals surface area contributed by atoms with Gasteiger partial charge in [0.15, 0.2) is 0 Å². The Kier molecular flexibility index (Phi) is 5.16. The molecule has 0 aliphatic rings. The Morgan fingerprint density at radius 2 is 1.89 bits per heavy atom. The molecule has 0 aromatic heterocycles. The lowest BCUT2D eigenvalue weighted by molar-refractivity contribution is 0.542. The van der Waals surface area contributed by atoms with Gasteiger partial charge in [0.1, 0.15) is 0 Å². The Morgan fingerprint density at radius 3 is 2.22 bits per heavy atom. The average molecular weight is 144 g/mol. The van der Waals surface area contributed by atoms with Crippen LogP contribution >= 0.6 is 0 Å². The van der Waals surface area contributed by atoms with Crippen LogP contribution in [0.3, 0.4) is 0 Å². The predicted molar refractivity (Wildman–Crippen MR) is 47.8 cm³/mol. The summed E-state index contributed by atoms with van der Waals surface area (Å²) >= 11 is 0. The molecule has 0 aliphatic carbocycles.